The highest BCUT2D eigenvalue weighted by atomic mass is 32.1. The number of ether oxygens (including phenoxy) is 6. The molecule has 0 spiro atoms. The summed E-state index contributed by atoms with van der Waals surface area (Å²) in [7, 11) is 6.46. The maximum Gasteiger partial charge on any atom is 0.294 e. The Balaban J connectivity index is 0.651. The summed E-state index contributed by atoms with van der Waals surface area (Å²) in [5, 5.41) is 14.7. The van der Waals surface area contributed by atoms with Crippen molar-refractivity contribution < 1.29 is 46.4 Å². The lowest BCUT2D eigenvalue weighted by Gasteiger charge is -2.17. The van der Waals surface area contributed by atoms with E-state index in [0.717, 1.165) is 31.9 Å². The fraction of sp³-hybridized carbons (Fsp3) is 0.176. The van der Waals surface area contributed by atoms with Gasteiger partial charge in [-0.25, -0.2) is 34.0 Å². The number of aryl methyl sites for hydroxylation is 1. The zero-order valence-corrected chi connectivity index (χ0v) is 43.5. The molecule has 0 aliphatic carbocycles. The van der Waals surface area contributed by atoms with Gasteiger partial charge in [-0.1, -0.05) is 12.1 Å². The summed E-state index contributed by atoms with van der Waals surface area (Å²) in [6, 6.07) is 21.4. The molecule has 24 heteroatoms. The molecule has 378 valence electrons. The molecule has 75 heavy (non-hydrogen) atoms. The number of carbonyl (C=O) groups is 1. The third kappa shape index (κ3) is 9.54. The van der Waals surface area contributed by atoms with Gasteiger partial charge in [0, 0.05) is 70.5 Å². The average Bonchev–Trinajstić information content (AvgIpc) is 4.29. The van der Waals surface area contributed by atoms with Gasteiger partial charge in [0.05, 0.1) is 62.4 Å². The minimum Gasteiger partial charge on any atom is -0.496 e. The smallest absolute Gasteiger partial charge is 0.294 e. The molecule has 12 rings (SSSR count). The molecular weight excluding hydrogens is 1040 g/mol. The van der Waals surface area contributed by atoms with Gasteiger partial charge >= 0.3 is 0 Å². The quantitative estimate of drug-likeness (QED) is 0.0734. The minimum absolute atomic E-state index is 0.155. The number of thiazole rings is 2. The SMILES string of the molecule is COc1cc(OCc2nc(-c3ccc(C(=O)N(C)CCOc4nn5cc(-c6cc7c(OCc8csc(-c9ccnc(F)c9)n8)cc(OC)cc7o6)nc5s4)cc3)sc2C)c2cc(-c3cn4nc(OC)sc4n3)oc2c1. The third-order valence-electron chi connectivity index (χ3n) is 11.9. The molecule has 0 saturated heterocycles. The first-order valence-electron chi connectivity index (χ1n) is 22.8. The van der Waals surface area contributed by atoms with E-state index in [1.165, 1.54) is 46.3 Å². The second kappa shape index (κ2) is 19.8. The lowest BCUT2D eigenvalue weighted by molar-refractivity contribution is 0.0773. The number of furan rings is 2. The van der Waals surface area contributed by atoms with Gasteiger partial charge in [0.2, 0.25) is 15.9 Å². The molecule has 9 heterocycles. The third-order valence-corrected chi connectivity index (χ3v) is 15.6. The van der Waals surface area contributed by atoms with Gasteiger partial charge in [-0.05, 0) is 59.9 Å². The number of hydrogen-bond donors (Lipinski definition) is 0. The van der Waals surface area contributed by atoms with Crippen LogP contribution in [0.2, 0.25) is 0 Å². The van der Waals surface area contributed by atoms with E-state index in [-0.39, 0.29) is 25.7 Å². The van der Waals surface area contributed by atoms with Crippen LogP contribution in [0.25, 0.3) is 75.9 Å². The normalized spacial score (nSPS) is 11.6. The van der Waals surface area contributed by atoms with E-state index < -0.39 is 5.95 Å². The summed E-state index contributed by atoms with van der Waals surface area (Å²) >= 11 is 5.54. The maximum atomic E-state index is 13.7. The number of rotatable bonds is 18. The maximum absolute atomic E-state index is 13.7. The number of amides is 1. The number of aromatic nitrogens is 9. The number of fused-ring (bicyclic) bond motifs is 4. The molecule has 12 aromatic rings. The average molecular weight is 1080 g/mol. The molecule has 0 aliphatic rings. The van der Waals surface area contributed by atoms with Crippen molar-refractivity contribution in [1.82, 2.24) is 49.0 Å². The lowest BCUT2D eigenvalue weighted by atomic mass is 10.1. The Hall–Kier alpha value is -8.45. The molecule has 0 saturated carbocycles. The first-order chi connectivity index (χ1) is 36.5. The Labute approximate surface area is 439 Å². The highest BCUT2D eigenvalue weighted by Gasteiger charge is 2.22. The Morgan fingerprint density at radius 2 is 1.33 bits per heavy atom. The second-order valence-electron chi connectivity index (χ2n) is 16.7. The predicted molar refractivity (Wildman–Crippen MR) is 281 cm³/mol. The van der Waals surface area contributed by atoms with Crippen LogP contribution in [-0.2, 0) is 13.2 Å². The van der Waals surface area contributed by atoms with Crippen LogP contribution < -0.4 is 28.4 Å². The van der Waals surface area contributed by atoms with Crippen LogP contribution in [0.5, 0.6) is 33.4 Å². The molecule has 3 aromatic carbocycles. The Morgan fingerprint density at radius 1 is 0.693 bits per heavy atom. The van der Waals surface area contributed by atoms with Crippen molar-refractivity contribution in [1.29, 1.82) is 0 Å². The van der Waals surface area contributed by atoms with Crippen molar-refractivity contribution in [2.45, 2.75) is 20.1 Å². The van der Waals surface area contributed by atoms with Gasteiger partial charge in [-0.3, -0.25) is 4.79 Å². The summed E-state index contributed by atoms with van der Waals surface area (Å²) in [4.78, 5) is 39.9. The molecule has 0 N–H and O–H groups in total. The lowest BCUT2D eigenvalue weighted by Crippen LogP contribution is -2.30. The standard InChI is InChI=1S/C51H39FN10O9S4/c1-26-37(24-69-39-16-32(65-4)18-41-34(39)20-43(71-41)35-21-61-48(56-35)74-50(58-61)66-5)55-46(73-26)27-6-8-28(9-7-27)47(63)60(2)12-13-67-51-59-62-22-36(57-49(62)75-51)42-19-33-38(15-31(64-3)17-40(33)70-42)68-23-30-25-72-45(54-30)29-10-11-53-44(52)14-29/h6-11,14-22,25H,12-13,23-24H2,1-5H3. The largest absolute Gasteiger partial charge is 0.496 e. The molecule has 0 aliphatic heterocycles. The van der Waals surface area contributed by atoms with Crippen LogP contribution >= 0.6 is 45.3 Å². The van der Waals surface area contributed by atoms with E-state index in [9.17, 15) is 9.18 Å². The van der Waals surface area contributed by atoms with Gasteiger partial charge in [0.25, 0.3) is 16.3 Å². The van der Waals surface area contributed by atoms with Crippen molar-refractivity contribution >= 4 is 83.1 Å². The van der Waals surface area contributed by atoms with Gasteiger partial charge < -0.3 is 42.2 Å². The molecular formula is C51H39FN10O9S4. The summed E-state index contributed by atoms with van der Waals surface area (Å²) in [5.41, 5.74) is 5.85. The number of hydrogen-bond acceptors (Lipinski definition) is 20. The Morgan fingerprint density at radius 3 is 1.96 bits per heavy atom. The van der Waals surface area contributed by atoms with Crippen LogP contribution in [0.15, 0.2) is 106 Å². The molecule has 0 bridgehead atoms. The highest BCUT2D eigenvalue weighted by molar-refractivity contribution is 7.18. The molecule has 9 aromatic heterocycles. The van der Waals surface area contributed by atoms with Gasteiger partial charge in [0.1, 0.15) is 75.4 Å². The van der Waals surface area contributed by atoms with E-state index in [1.807, 2.05) is 48.7 Å². The van der Waals surface area contributed by atoms with Crippen LogP contribution in [0.3, 0.4) is 0 Å². The fourth-order valence-electron chi connectivity index (χ4n) is 8.01. The van der Waals surface area contributed by atoms with Crippen molar-refractivity contribution in [2.24, 2.45) is 0 Å². The zero-order chi connectivity index (χ0) is 51.3. The Bertz CT molecular complexity index is 4010. The topological polar surface area (TPSA) is 201 Å². The molecule has 19 nitrogen and oxygen atoms in total. The first kappa shape index (κ1) is 47.5. The van der Waals surface area contributed by atoms with Crippen molar-refractivity contribution in [3.8, 4) is 77.4 Å². The molecule has 0 unspecified atom stereocenters. The minimum atomic E-state index is -0.568. The zero-order valence-electron chi connectivity index (χ0n) is 40.2. The summed E-state index contributed by atoms with van der Waals surface area (Å²) < 4.78 is 64.3. The monoisotopic (exact) mass is 1080 g/mol. The summed E-state index contributed by atoms with van der Waals surface area (Å²) in [5.74, 6) is 2.60. The Kier molecular flexibility index (Phi) is 12.5. The summed E-state index contributed by atoms with van der Waals surface area (Å²) in [6.07, 6.45) is 4.96. The number of carbonyl (C=O) groups excluding carboxylic acids is 1. The van der Waals surface area contributed by atoms with Crippen LogP contribution in [0, 0.1) is 12.9 Å². The molecule has 0 atom stereocenters. The van der Waals surface area contributed by atoms with E-state index in [0.29, 0.717) is 106 Å². The predicted octanol–water partition coefficient (Wildman–Crippen LogP) is 11.1. The second-order valence-corrected chi connectivity index (χ2v) is 20.6. The van der Waals surface area contributed by atoms with E-state index in [1.54, 1.807) is 96.4 Å². The first-order valence-corrected chi connectivity index (χ1v) is 26.1. The number of pyridine rings is 1. The van der Waals surface area contributed by atoms with Crippen LogP contribution in [0.1, 0.15) is 26.6 Å². The van der Waals surface area contributed by atoms with Gasteiger partial charge in [-0.15, -0.1) is 32.9 Å². The highest BCUT2D eigenvalue weighted by Crippen LogP contribution is 2.40. The van der Waals surface area contributed by atoms with Gasteiger partial charge in [-0.2, -0.15) is 4.39 Å². The van der Waals surface area contributed by atoms with Gasteiger partial charge in [0.15, 0.2) is 11.5 Å². The number of likely N-dealkylation sites (N-methyl/N-ethyl adjacent to an activating group) is 1. The number of benzene rings is 3. The van der Waals surface area contributed by atoms with Crippen molar-refractivity contribution in [3.63, 3.8) is 0 Å². The van der Waals surface area contributed by atoms with Crippen LogP contribution in [-0.4, -0.2) is 96.5 Å². The number of methoxy groups -OCH3 is 3. The van der Waals surface area contributed by atoms with E-state index in [2.05, 4.69) is 25.1 Å². The van der Waals surface area contributed by atoms with E-state index >= 15 is 0 Å². The van der Waals surface area contributed by atoms with Crippen molar-refractivity contribution in [2.75, 3.05) is 41.5 Å². The molecule has 0 radical (unpaired) electrons. The number of halogens is 1. The number of imidazole rings is 2. The summed E-state index contributed by atoms with van der Waals surface area (Å²) in [6.45, 7) is 2.92. The fourth-order valence-corrected chi connectivity index (χ4v) is 11.2. The molecule has 1 amide bonds. The number of nitrogens with zero attached hydrogens (tertiary/aromatic N) is 10. The van der Waals surface area contributed by atoms with Crippen molar-refractivity contribution in [3.05, 3.63) is 125 Å². The van der Waals surface area contributed by atoms with E-state index in [4.69, 9.17) is 47.2 Å². The van der Waals surface area contributed by atoms with Crippen LogP contribution in [0.4, 0.5) is 4.39 Å². The molecule has 0 fully saturated rings.